The van der Waals surface area contributed by atoms with E-state index in [0.29, 0.717) is 0 Å². The third-order valence-electron chi connectivity index (χ3n) is 1.92. The van der Waals surface area contributed by atoms with E-state index in [-0.39, 0.29) is 10.7 Å². The summed E-state index contributed by atoms with van der Waals surface area (Å²) in [5.74, 6) is 0. The van der Waals surface area contributed by atoms with E-state index in [1.807, 2.05) is 18.2 Å². The number of benzene rings is 2. The zero-order valence-electron chi connectivity index (χ0n) is 7.03. The van der Waals surface area contributed by atoms with Crippen molar-refractivity contribution in [2.75, 3.05) is 0 Å². The molecule has 14 heavy (non-hydrogen) atoms. The summed E-state index contributed by atoms with van der Waals surface area (Å²) in [6.07, 6.45) is 0. The van der Waals surface area contributed by atoms with E-state index < -0.39 is 4.92 Å². The summed E-state index contributed by atoms with van der Waals surface area (Å²) in [5.41, 5.74) is -0.106. The molecule has 0 heterocycles. The molecule has 0 unspecified atom stereocenters. The molecule has 0 atom stereocenters. The van der Waals surface area contributed by atoms with Crippen molar-refractivity contribution in [3.63, 3.8) is 0 Å². The fourth-order valence-electron chi connectivity index (χ4n) is 1.26. The van der Waals surface area contributed by atoms with Crippen LogP contribution in [-0.2, 0) is 0 Å². The molecule has 0 bridgehead atoms. The van der Waals surface area contributed by atoms with E-state index in [4.69, 9.17) is 11.6 Å². The number of rotatable bonds is 1. The van der Waals surface area contributed by atoms with Crippen molar-refractivity contribution in [1.29, 1.82) is 0 Å². The summed E-state index contributed by atoms with van der Waals surface area (Å²) in [6, 6.07) is 11.5. The molecule has 2 aromatic carbocycles. The summed E-state index contributed by atoms with van der Waals surface area (Å²) < 4.78 is 0. The Kier molecular flexibility index (Phi) is 2.09. The van der Waals surface area contributed by atoms with Gasteiger partial charge in [0.05, 0.1) is 4.92 Å². The van der Waals surface area contributed by atoms with Crippen LogP contribution in [0.15, 0.2) is 30.3 Å². The van der Waals surface area contributed by atoms with E-state index >= 15 is 0 Å². The first-order valence-electron chi connectivity index (χ1n) is 3.93. The Morgan fingerprint density at radius 3 is 2.79 bits per heavy atom. The van der Waals surface area contributed by atoms with Gasteiger partial charge in [-0.1, -0.05) is 35.9 Å². The molecule has 0 aliphatic carbocycles. The molecular weight excluding hydrogens is 202 g/mol. The van der Waals surface area contributed by atoms with Gasteiger partial charge in [-0.15, -0.1) is 0 Å². The van der Waals surface area contributed by atoms with Crippen LogP contribution in [0.2, 0.25) is 5.02 Å². The summed E-state index contributed by atoms with van der Waals surface area (Å²) in [5, 5.41) is 12.2. The number of halogens is 1. The second-order valence-electron chi connectivity index (χ2n) is 2.81. The molecule has 4 heteroatoms. The van der Waals surface area contributed by atoms with E-state index in [9.17, 15) is 10.1 Å². The van der Waals surface area contributed by atoms with Crippen LogP contribution in [0.25, 0.3) is 10.8 Å². The predicted molar refractivity (Wildman–Crippen MR) is 54.4 cm³/mol. The van der Waals surface area contributed by atoms with Crippen LogP contribution >= 0.6 is 11.6 Å². The van der Waals surface area contributed by atoms with Gasteiger partial charge >= 0.3 is 0 Å². The van der Waals surface area contributed by atoms with Crippen molar-refractivity contribution >= 4 is 28.1 Å². The number of nitro benzene ring substituents is 1. The third kappa shape index (κ3) is 1.42. The van der Waals surface area contributed by atoms with E-state index in [0.717, 1.165) is 10.8 Å². The van der Waals surface area contributed by atoms with Crippen LogP contribution in [0.3, 0.4) is 0 Å². The highest BCUT2D eigenvalue weighted by Crippen LogP contribution is 2.28. The Bertz CT molecular complexity index is 510. The maximum absolute atomic E-state index is 10.6. The Labute approximate surface area is 85.1 Å². The fraction of sp³-hybridized carbons (Fsp3) is 0. The van der Waals surface area contributed by atoms with Crippen LogP contribution in [0.1, 0.15) is 0 Å². The standard InChI is InChI=1S/C10H5ClNO2/c11-9-5-7-3-1-2-4-8(7)6-10(9)12(13)14/h1-4,6H. The molecule has 0 amide bonds. The smallest absolute Gasteiger partial charge is 0.258 e. The van der Waals surface area contributed by atoms with Crippen LogP contribution in [-0.4, -0.2) is 4.92 Å². The van der Waals surface area contributed by atoms with Gasteiger partial charge in [-0.3, -0.25) is 10.1 Å². The van der Waals surface area contributed by atoms with E-state index in [1.165, 1.54) is 6.07 Å². The minimum absolute atomic E-state index is 0.0497. The van der Waals surface area contributed by atoms with Gasteiger partial charge in [0, 0.05) is 12.1 Å². The predicted octanol–water partition coefficient (Wildman–Crippen LogP) is 3.20. The summed E-state index contributed by atoms with van der Waals surface area (Å²) in [7, 11) is 0. The molecule has 3 nitrogen and oxygen atoms in total. The van der Waals surface area contributed by atoms with Gasteiger partial charge in [-0.05, 0) is 10.8 Å². The van der Waals surface area contributed by atoms with Crippen LogP contribution in [0.5, 0.6) is 0 Å². The Morgan fingerprint density at radius 2 is 2.07 bits per heavy atom. The van der Waals surface area contributed by atoms with Crippen LogP contribution in [0, 0.1) is 16.2 Å². The molecule has 0 saturated carbocycles. The summed E-state index contributed by atoms with van der Waals surface area (Å²) in [4.78, 5) is 10.1. The summed E-state index contributed by atoms with van der Waals surface area (Å²) >= 11 is 5.70. The number of hydrogen-bond donors (Lipinski definition) is 0. The SMILES string of the molecule is O=[N+]([O-])c1cc2ccccc2[c]c1Cl. The normalized spacial score (nSPS) is 10.4. The van der Waals surface area contributed by atoms with E-state index in [2.05, 4.69) is 6.07 Å². The second-order valence-corrected chi connectivity index (χ2v) is 3.19. The number of fused-ring (bicyclic) bond motifs is 1. The first-order valence-corrected chi connectivity index (χ1v) is 4.31. The molecular formula is C10H5ClNO2. The molecule has 0 aliphatic heterocycles. The van der Waals surface area contributed by atoms with Crippen molar-refractivity contribution in [2.45, 2.75) is 0 Å². The fourth-order valence-corrected chi connectivity index (χ4v) is 1.49. The van der Waals surface area contributed by atoms with Gasteiger partial charge in [-0.2, -0.15) is 0 Å². The topological polar surface area (TPSA) is 43.1 Å². The lowest BCUT2D eigenvalue weighted by Crippen LogP contribution is -1.89. The van der Waals surface area contributed by atoms with Gasteiger partial charge in [0.1, 0.15) is 5.02 Å². The molecule has 0 spiro atoms. The van der Waals surface area contributed by atoms with Crippen LogP contribution < -0.4 is 0 Å². The second kappa shape index (κ2) is 3.27. The maximum Gasteiger partial charge on any atom is 0.289 e. The van der Waals surface area contributed by atoms with Crippen LogP contribution in [0.4, 0.5) is 5.69 Å². The molecule has 0 aliphatic rings. The first-order chi connectivity index (χ1) is 6.68. The maximum atomic E-state index is 10.6. The minimum atomic E-state index is -0.509. The molecule has 0 N–H and O–H groups in total. The van der Waals surface area contributed by atoms with Gasteiger partial charge in [0.2, 0.25) is 0 Å². The zero-order valence-corrected chi connectivity index (χ0v) is 7.78. The van der Waals surface area contributed by atoms with Gasteiger partial charge in [0.25, 0.3) is 5.69 Å². The number of hydrogen-bond acceptors (Lipinski definition) is 2. The number of nitro groups is 1. The largest absolute Gasteiger partial charge is 0.289 e. The summed E-state index contributed by atoms with van der Waals surface area (Å²) in [6.45, 7) is 0. The first kappa shape index (κ1) is 8.97. The zero-order chi connectivity index (χ0) is 10.1. The molecule has 2 rings (SSSR count). The number of nitrogens with zero attached hydrogens (tertiary/aromatic N) is 1. The van der Waals surface area contributed by atoms with Gasteiger partial charge in [0.15, 0.2) is 0 Å². The average Bonchev–Trinajstić information content (AvgIpc) is 2.16. The van der Waals surface area contributed by atoms with Crippen molar-refractivity contribution in [3.05, 3.63) is 51.5 Å². The van der Waals surface area contributed by atoms with Gasteiger partial charge < -0.3 is 0 Å². The lowest BCUT2D eigenvalue weighted by molar-refractivity contribution is -0.384. The van der Waals surface area contributed by atoms with E-state index in [1.54, 1.807) is 6.07 Å². The van der Waals surface area contributed by atoms with Gasteiger partial charge in [-0.25, -0.2) is 0 Å². The monoisotopic (exact) mass is 206 g/mol. The molecule has 1 radical (unpaired) electrons. The Balaban J connectivity index is 2.77. The molecule has 2 aromatic rings. The highest BCUT2D eigenvalue weighted by molar-refractivity contribution is 6.33. The van der Waals surface area contributed by atoms with Crippen molar-refractivity contribution in [3.8, 4) is 0 Å². The quantitative estimate of drug-likeness (QED) is 0.531. The Hall–Kier alpha value is -1.61. The highest BCUT2D eigenvalue weighted by atomic mass is 35.5. The average molecular weight is 207 g/mol. The molecule has 0 fully saturated rings. The highest BCUT2D eigenvalue weighted by Gasteiger charge is 2.12. The third-order valence-corrected chi connectivity index (χ3v) is 2.21. The lowest BCUT2D eigenvalue weighted by Gasteiger charge is -1.98. The Morgan fingerprint density at radius 1 is 1.36 bits per heavy atom. The van der Waals surface area contributed by atoms with Crippen molar-refractivity contribution < 1.29 is 4.92 Å². The molecule has 69 valence electrons. The molecule has 0 aromatic heterocycles. The van der Waals surface area contributed by atoms with Crippen molar-refractivity contribution in [2.24, 2.45) is 0 Å². The minimum Gasteiger partial charge on any atom is -0.258 e. The lowest BCUT2D eigenvalue weighted by atomic mass is 10.1. The van der Waals surface area contributed by atoms with Crippen molar-refractivity contribution in [1.82, 2.24) is 0 Å². The molecule has 0 saturated heterocycles.